The molecule has 2 aromatic carbocycles. The van der Waals surface area contributed by atoms with Gasteiger partial charge in [0.05, 0.1) is 16.9 Å². The van der Waals surface area contributed by atoms with Crippen molar-refractivity contribution in [2.24, 2.45) is 0 Å². The summed E-state index contributed by atoms with van der Waals surface area (Å²) in [4.78, 5) is 16.5. The van der Waals surface area contributed by atoms with Crippen molar-refractivity contribution in [3.8, 4) is 0 Å². The molecule has 1 aliphatic rings. The number of carbonyl (C=O) groups excluding carboxylic acids is 1. The van der Waals surface area contributed by atoms with Gasteiger partial charge in [-0.2, -0.15) is 8.42 Å². The molecule has 1 amide bonds. The number of amides is 1. The fourth-order valence-corrected chi connectivity index (χ4v) is 4.73. The Morgan fingerprint density at radius 1 is 0.935 bits per heavy atom. The maximum absolute atomic E-state index is 12.6. The highest BCUT2D eigenvalue weighted by Gasteiger charge is 2.49. The van der Waals surface area contributed by atoms with E-state index in [-0.39, 0.29) is 16.8 Å². The first-order valence-corrected chi connectivity index (χ1v) is 12.3. The number of β-lactam (4-membered cyclic amide) rings is 1. The second-order valence-corrected chi connectivity index (χ2v) is 8.98. The van der Waals surface area contributed by atoms with Gasteiger partial charge in [0.1, 0.15) is 0 Å². The van der Waals surface area contributed by atoms with Crippen LogP contribution in [-0.4, -0.2) is 54.9 Å². The molecular weight excluding hydrogens is 412 g/mol. The van der Waals surface area contributed by atoms with Gasteiger partial charge in [-0.3, -0.25) is 9.35 Å². The third-order valence-electron chi connectivity index (χ3n) is 5.83. The molecule has 2 unspecified atom stereocenters. The van der Waals surface area contributed by atoms with Crippen LogP contribution in [0.25, 0.3) is 0 Å². The topological polar surface area (TPSA) is 77.9 Å². The first-order valence-electron chi connectivity index (χ1n) is 10.8. The number of likely N-dealkylation sites (N-methyl/N-ethyl adjacent to an activating group) is 1. The van der Waals surface area contributed by atoms with E-state index in [1.54, 1.807) is 17.0 Å². The monoisotopic (exact) mass is 446 g/mol. The summed E-state index contributed by atoms with van der Waals surface area (Å²) in [5.41, 5.74) is 2.42. The van der Waals surface area contributed by atoms with Gasteiger partial charge in [0, 0.05) is 6.54 Å². The van der Waals surface area contributed by atoms with Crippen LogP contribution in [0.5, 0.6) is 0 Å². The van der Waals surface area contributed by atoms with E-state index in [0.717, 1.165) is 11.1 Å². The number of likely N-dealkylation sites (tertiary alicyclic amines) is 1. The fourth-order valence-electron chi connectivity index (χ4n) is 3.98. The van der Waals surface area contributed by atoms with Gasteiger partial charge in [0.15, 0.2) is 0 Å². The molecule has 0 spiro atoms. The standard InChI is InChI=1S/C18H19NO4S.C6H15N/c1-3-19-17(13-10-8-12(2)9-11-13)16(18(19)20)14-6-4-5-7-15(14)24(21,22)23;1-4-7(5-2)6-3/h4-11,16-17H,3H2,1-2H3,(H,21,22,23);4-6H2,1-3H3. The Balaban J connectivity index is 0.000000423. The Labute approximate surface area is 186 Å². The van der Waals surface area contributed by atoms with Crippen LogP contribution in [0.2, 0.25) is 0 Å². The summed E-state index contributed by atoms with van der Waals surface area (Å²) < 4.78 is 32.8. The normalized spacial score (nSPS) is 18.4. The molecule has 7 heteroatoms. The lowest BCUT2D eigenvalue weighted by atomic mass is 9.77. The fraction of sp³-hybridized carbons (Fsp3) is 0.458. The Bertz CT molecular complexity index is 964. The van der Waals surface area contributed by atoms with E-state index in [1.807, 2.05) is 38.1 Å². The zero-order valence-corrected chi connectivity index (χ0v) is 19.9. The zero-order valence-electron chi connectivity index (χ0n) is 19.1. The molecule has 1 N–H and O–H groups in total. The van der Waals surface area contributed by atoms with Crippen LogP contribution in [0.3, 0.4) is 0 Å². The lowest BCUT2D eigenvalue weighted by Gasteiger charge is -2.47. The number of benzene rings is 2. The van der Waals surface area contributed by atoms with Gasteiger partial charge in [-0.05, 0) is 50.7 Å². The lowest BCUT2D eigenvalue weighted by Crippen LogP contribution is -2.53. The van der Waals surface area contributed by atoms with E-state index in [1.165, 1.54) is 31.8 Å². The third kappa shape index (κ3) is 5.73. The van der Waals surface area contributed by atoms with Crippen molar-refractivity contribution < 1.29 is 17.8 Å². The van der Waals surface area contributed by atoms with Crippen molar-refractivity contribution in [2.75, 3.05) is 26.2 Å². The summed E-state index contributed by atoms with van der Waals surface area (Å²) in [5.74, 6) is -0.732. The van der Waals surface area contributed by atoms with Crippen molar-refractivity contribution in [3.05, 3.63) is 65.2 Å². The number of rotatable bonds is 7. The molecule has 170 valence electrons. The largest absolute Gasteiger partial charge is 0.334 e. The predicted octanol–water partition coefficient (Wildman–Crippen LogP) is 4.28. The minimum absolute atomic E-state index is 0.126. The Hall–Kier alpha value is -2.22. The third-order valence-corrected chi connectivity index (χ3v) is 6.76. The molecule has 3 rings (SSSR count). The number of nitrogens with zero attached hydrogens (tertiary/aromatic N) is 2. The molecule has 2 atom stereocenters. The molecule has 1 aliphatic heterocycles. The molecule has 6 nitrogen and oxygen atoms in total. The van der Waals surface area contributed by atoms with Gasteiger partial charge < -0.3 is 9.80 Å². The zero-order chi connectivity index (χ0) is 23.2. The van der Waals surface area contributed by atoms with Crippen LogP contribution in [0.4, 0.5) is 0 Å². The SMILES string of the molecule is CCN(CC)CC.CCN1C(=O)C(c2ccccc2S(=O)(=O)O)C1c1ccc(C)cc1. The summed E-state index contributed by atoms with van der Waals surface area (Å²) in [7, 11) is -4.39. The summed E-state index contributed by atoms with van der Waals surface area (Å²) in [6.45, 7) is 14.5. The number of aryl methyl sites for hydroxylation is 1. The highest BCUT2D eigenvalue weighted by molar-refractivity contribution is 7.85. The molecule has 0 radical (unpaired) electrons. The average Bonchev–Trinajstić information content (AvgIpc) is 2.74. The molecule has 31 heavy (non-hydrogen) atoms. The second kappa shape index (κ2) is 10.9. The smallest absolute Gasteiger partial charge is 0.294 e. The van der Waals surface area contributed by atoms with Crippen LogP contribution < -0.4 is 0 Å². The quantitative estimate of drug-likeness (QED) is 0.507. The Kier molecular flexibility index (Phi) is 8.79. The van der Waals surface area contributed by atoms with Crippen LogP contribution in [0.15, 0.2) is 53.4 Å². The van der Waals surface area contributed by atoms with E-state index in [2.05, 4.69) is 25.7 Å². The van der Waals surface area contributed by atoms with E-state index >= 15 is 0 Å². The van der Waals surface area contributed by atoms with Crippen molar-refractivity contribution in [1.82, 2.24) is 9.80 Å². The van der Waals surface area contributed by atoms with Crippen LogP contribution in [0, 0.1) is 6.92 Å². The Morgan fingerprint density at radius 3 is 1.94 bits per heavy atom. The first kappa shape index (κ1) is 25.0. The maximum Gasteiger partial charge on any atom is 0.294 e. The molecule has 2 aromatic rings. The van der Waals surface area contributed by atoms with Crippen molar-refractivity contribution in [3.63, 3.8) is 0 Å². The van der Waals surface area contributed by atoms with E-state index in [9.17, 15) is 17.8 Å². The van der Waals surface area contributed by atoms with Gasteiger partial charge >= 0.3 is 0 Å². The molecular formula is C24H34N2O4S. The van der Waals surface area contributed by atoms with Crippen LogP contribution in [0.1, 0.15) is 56.3 Å². The summed E-state index contributed by atoms with van der Waals surface area (Å²) in [5, 5.41) is 0. The van der Waals surface area contributed by atoms with Crippen molar-refractivity contribution >= 4 is 16.0 Å². The predicted molar refractivity (Wildman–Crippen MR) is 124 cm³/mol. The van der Waals surface area contributed by atoms with Gasteiger partial charge in [-0.25, -0.2) is 0 Å². The maximum atomic E-state index is 12.6. The highest BCUT2D eigenvalue weighted by atomic mass is 32.2. The molecule has 1 saturated heterocycles. The molecule has 1 fully saturated rings. The lowest BCUT2D eigenvalue weighted by molar-refractivity contribution is -0.150. The van der Waals surface area contributed by atoms with Gasteiger partial charge in [0.25, 0.3) is 10.1 Å². The second-order valence-electron chi connectivity index (χ2n) is 7.59. The summed E-state index contributed by atoms with van der Waals surface area (Å²) >= 11 is 0. The number of hydrogen-bond acceptors (Lipinski definition) is 4. The Morgan fingerprint density at radius 2 is 1.48 bits per heavy atom. The minimum Gasteiger partial charge on any atom is -0.334 e. The summed E-state index contributed by atoms with van der Waals surface area (Å²) in [6, 6.07) is 13.8. The first-order chi connectivity index (χ1) is 14.7. The molecule has 0 bridgehead atoms. The van der Waals surface area contributed by atoms with Crippen molar-refractivity contribution in [1.29, 1.82) is 0 Å². The van der Waals surface area contributed by atoms with Gasteiger partial charge in [-0.1, -0.05) is 68.8 Å². The molecule has 1 heterocycles. The van der Waals surface area contributed by atoms with E-state index in [0.29, 0.717) is 12.1 Å². The molecule has 0 saturated carbocycles. The minimum atomic E-state index is -4.39. The number of carbonyl (C=O) groups is 1. The van der Waals surface area contributed by atoms with Gasteiger partial charge in [-0.15, -0.1) is 0 Å². The van der Waals surface area contributed by atoms with E-state index in [4.69, 9.17) is 0 Å². The highest BCUT2D eigenvalue weighted by Crippen LogP contribution is 2.47. The average molecular weight is 447 g/mol. The summed E-state index contributed by atoms with van der Waals surface area (Å²) in [6.07, 6.45) is 0. The molecule has 0 aliphatic carbocycles. The van der Waals surface area contributed by atoms with Crippen LogP contribution >= 0.6 is 0 Å². The van der Waals surface area contributed by atoms with Crippen LogP contribution in [-0.2, 0) is 14.9 Å². The molecule has 0 aromatic heterocycles. The van der Waals surface area contributed by atoms with Gasteiger partial charge in [0.2, 0.25) is 5.91 Å². The van der Waals surface area contributed by atoms with E-state index < -0.39 is 16.0 Å². The number of hydrogen-bond donors (Lipinski definition) is 1. The van der Waals surface area contributed by atoms with Crippen molar-refractivity contribution in [2.45, 2.75) is 51.5 Å².